The highest BCUT2D eigenvalue weighted by Gasteiger charge is 2.16. The first-order chi connectivity index (χ1) is 14.5. The molecule has 0 fully saturated rings. The third kappa shape index (κ3) is 5.37. The molecule has 3 aromatic rings. The second kappa shape index (κ2) is 10.5. The molecule has 1 heterocycles. The van der Waals surface area contributed by atoms with Crippen molar-refractivity contribution in [3.8, 4) is 22.8 Å². The standard InChI is InChI=1S/C26H36N2O2/c1-4-5-16-27(3)17-8-6-7-9-18-28-25-15-14-23(30)19-24(25)20(2)26(28)21-10-12-22(29)13-11-21/h10-15,19,29-30H,4-9,16-18H2,1-3H3. The third-order valence-electron chi connectivity index (χ3n) is 6.01. The van der Waals surface area contributed by atoms with Crippen LogP contribution in [0.2, 0.25) is 0 Å². The lowest BCUT2D eigenvalue weighted by molar-refractivity contribution is 0.318. The maximum atomic E-state index is 9.99. The predicted octanol–water partition coefficient (Wildman–Crippen LogP) is 6.32. The lowest BCUT2D eigenvalue weighted by Gasteiger charge is -2.16. The summed E-state index contributed by atoms with van der Waals surface area (Å²) >= 11 is 0. The second-order valence-electron chi connectivity index (χ2n) is 8.44. The van der Waals surface area contributed by atoms with Gasteiger partial charge in [0.1, 0.15) is 11.5 Å². The van der Waals surface area contributed by atoms with Crippen LogP contribution in [0.1, 0.15) is 51.0 Å². The molecule has 0 saturated heterocycles. The van der Waals surface area contributed by atoms with Crippen LogP contribution in [0, 0.1) is 6.92 Å². The number of fused-ring (bicyclic) bond motifs is 1. The summed E-state index contributed by atoms with van der Waals surface area (Å²) in [4.78, 5) is 2.45. The Hall–Kier alpha value is -2.46. The number of hydrogen-bond donors (Lipinski definition) is 2. The molecule has 0 aliphatic carbocycles. The van der Waals surface area contributed by atoms with Gasteiger partial charge < -0.3 is 19.7 Å². The molecule has 1 aromatic heterocycles. The van der Waals surface area contributed by atoms with Crippen LogP contribution in [0.25, 0.3) is 22.2 Å². The van der Waals surface area contributed by atoms with Gasteiger partial charge in [-0.3, -0.25) is 0 Å². The zero-order valence-corrected chi connectivity index (χ0v) is 18.7. The number of unbranched alkanes of at least 4 members (excludes halogenated alkanes) is 4. The minimum atomic E-state index is 0.278. The molecule has 162 valence electrons. The molecular weight excluding hydrogens is 372 g/mol. The summed E-state index contributed by atoms with van der Waals surface area (Å²) in [5, 5.41) is 20.8. The SMILES string of the molecule is CCCCN(C)CCCCCCn1c(-c2ccc(O)cc2)c(C)c2cc(O)ccc21. The van der Waals surface area contributed by atoms with Crippen molar-refractivity contribution in [1.82, 2.24) is 9.47 Å². The average Bonchev–Trinajstić information content (AvgIpc) is 3.00. The predicted molar refractivity (Wildman–Crippen MR) is 126 cm³/mol. The van der Waals surface area contributed by atoms with Gasteiger partial charge in [0, 0.05) is 17.4 Å². The minimum Gasteiger partial charge on any atom is -0.508 e. The Balaban J connectivity index is 1.70. The number of aryl methyl sites for hydroxylation is 2. The Kier molecular flexibility index (Phi) is 7.81. The molecular formula is C26H36N2O2. The minimum absolute atomic E-state index is 0.278. The molecule has 2 aromatic carbocycles. The van der Waals surface area contributed by atoms with Gasteiger partial charge in [-0.2, -0.15) is 0 Å². The summed E-state index contributed by atoms with van der Waals surface area (Å²) in [6.45, 7) is 7.70. The van der Waals surface area contributed by atoms with Crippen LogP contribution >= 0.6 is 0 Å². The molecule has 0 aliphatic heterocycles. The normalized spacial score (nSPS) is 11.6. The van der Waals surface area contributed by atoms with E-state index in [0.717, 1.165) is 29.4 Å². The Labute approximate surface area is 180 Å². The van der Waals surface area contributed by atoms with Crippen molar-refractivity contribution in [3.63, 3.8) is 0 Å². The van der Waals surface area contributed by atoms with E-state index in [1.165, 1.54) is 56.5 Å². The van der Waals surface area contributed by atoms with E-state index in [9.17, 15) is 10.2 Å². The molecule has 4 heteroatoms. The van der Waals surface area contributed by atoms with Crippen LogP contribution in [0.3, 0.4) is 0 Å². The van der Waals surface area contributed by atoms with E-state index in [2.05, 4.69) is 30.4 Å². The van der Waals surface area contributed by atoms with Gasteiger partial charge in [-0.05, 0) is 99.9 Å². The Morgan fingerprint density at radius 3 is 2.23 bits per heavy atom. The van der Waals surface area contributed by atoms with Gasteiger partial charge in [0.2, 0.25) is 0 Å². The largest absolute Gasteiger partial charge is 0.508 e. The zero-order chi connectivity index (χ0) is 21.5. The van der Waals surface area contributed by atoms with Crippen LogP contribution < -0.4 is 0 Å². The summed E-state index contributed by atoms with van der Waals surface area (Å²) in [6.07, 6.45) is 7.40. The smallest absolute Gasteiger partial charge is 0.116 e. The lowest BCUT2D eigenvalue weighted by atomic mass is 10.1. The molecule has 0 saturated carbocycles. The van der Waals surface area contributed by atoms with E-state index in [-0.39, 0.29) is 5.75 Å². The number of phenols is 2. The summed E-state index contributed by atoms with van der Waals surface area (Å²) in [6, 6.07) is 13.1. The van der Waals surface area contributed by atoms with Crippen LogP contribution in [0.4, 0.5) is 0 Å². The summed E-state index contributed by atoms with van der Waals surface area (Å²) in [7, 11) is 2.23. The molecule has 3 rings (SSSR count). The molecule has 0 aliphatic rings. The van der Waals surface area contributed by atoms with Crippen LogP contribution in [-0.2, 0) is 6.54 Å². The fourth-order valence-electron chi connectivity index (χ4n) is 4.28. The van der Waals surface area contributed by atoms with E-state index in [1.807, 2.05) is 24.3 Å². The highest BCUT2D eigenvalue weighted by molar-refractivity contribution is 5.92. The van der Waals surface area contributed by atoms with Gasteiger partial charge in [0.05, 0.1) is 5.69 Å². The first-order valence-corrected chi connectivity index (χ1v) is 11.3. The quantitative estimate of drug-likeness (QED) is 0.365. The van der Waals surface area contributed by atoms with Crippen molar-refractivity contribution in [2.24, 2.45) is 0 Å². The van der Waals surface area contributed by atoms with Crippen molar-refractivity contribution in [1.29, 1.82) is 0 Å². The van der Waals surface area contributed by atoms with Gasteiger partial charge in [-0.15, -0.1) is 0 Å². The molecule has 4 nitrogen and oxygen atoms in total. The van der Waals surface area contributed by atoms with Gasteiger partial charge in [-0.25, -0.2) is 0 Å². The van der Waals surface area contributed by atoms with E-state index in [1.54, 1.807) is 18.2 Å². The monoisotopic (exact) mass is 408 g/mol. The van der Waals surface area contributed by atoms with Crippen molar-refractivity contribution < 1.29 is 10.2 Å². The highest BCUT2D eigenvalue weighted by Crippen LogP contribution is 2.35. The highest BCUT2D eigenvalue weighted by atomic mass is 16.3. The van der Waals surface area contributed by atoms with E-state index in [0.29, 0.717) is 5.75 Å². The number of aromatic hydroxyl groups is 2. The third-order valence-corrected chi connectivity index (χ3v) is 6.01. The topological polar surface area (TPSA) is 48.6 Å². The second-order valence-corrected chi connectivity index (χ2v) is 8.44. The Morgan fingerprint density at radius 1 is 0.833 bits per heavy atom. The van der Waals surface area contributed by atoms with Gasteiger partial charge >= 0.3 is 0 Å². The van der Waals surface area contributed by atoms with E-state index >= 15 is 0 Å². The molecule has 0 amide bonds. The van der Waals surface area contributed by atoms with Crippen LogP contribution in [0.15, 0.2) is 42.5 Å². The summed E-state index contributed by atoms with van der Waals surface area (Å²) < 4.78 is 2.38. The molecule has 0 radical (unpaired) electrons. The average molecular weight is 409 g/mol. The lowest BCUT2D eigenvalue weighted by Crippen LogP contribution is -2.20. The van der Waals surface area contributed by atoms with Crippen molar-refractivity contribution in [2.75, 3.05) is 20.1 Å². The summed E-state index contributed by atoms with van der Waals surface area (Å²) in [5.41, 5.74) is 4.60. The fourth-order valence-corrected chi connectivity index (χ4v) is 4.28. The number of nitrogens with zero attached hydrogens (tertiary/aromatic N) is 2. The van der Waals surface area contributed by atoms with Crippen LogP contribution in [0.5, 0.6) is 11.5 Å². The fraction of sp³-hybridized carbons (Fsp3) is 0.462. The molecule has 0 unspecified atom stereocenters. The maximum Gasteiger partial charge on any atom is 0.116 e. The maximum absolute atomic E-state index is 9.99. The van der Waals surface area contributed by atoms with E-state index in [4.69, 9.17) is 0 Å². The van der Waals surface area contributed by atoms with Gasteiger partial charge in [-0.1, -0.05) is 26.2 Å². The van der Waals surface area contributed by atoms with Crippen molar-refractivity contribution in [3.05, 3.63) is 48.0 Å². The van der Waals surface area contributed by atoms with Gasteiger partial charge in [0.15, 0.2) is 0 Å². The number of benzene rings is 2. The Bertz CT molecular complexity index is 944. The zero-order valence-electron chi connectivity index (χ0n) is 18.7. The number of aromatic nitrogens is 1. The van der Waals surface area contributed by atoms with Crippen molar-refractivity contribution in [2.45, 2.75) is 58.9 Å². The number of phenolic OH excluding ortho intramolecular Hbond substituents is 2. The molecule has 0 spiro atoms. The van der Waals surface area contributed by atoms with Gasteiger partial charge in [0.25, 0.3) is 0 Å². The molecule has 30 heavy (non-hydrogen) atoms. The summed E-state index contributed by atoms with van der Waals surface area (Å²) in [5.74, 6) is 0.577. The molecule has 0 bridgehead atoms. The Morgan fingerprint density at radius 2 is 1.50 bits per heavy atom. The van der Waals surface area contributed by atoms with Crippen LogP contribution in [-0.4, -0.2) is 39.8 Å². The number of hydrogen-bond acceptors (Lipinski definition) is 3. The van der Waals surface area contributed by atoms with E-state index < -0.39 is 0 Å². The number of rotatable bonds is 11. The first-order valence-electron chi connectivity index (χ1n) is 11.3. The molecule has 0 atom stereocenters. The van der Waals surface area contributed by atoms with Crippen molar-refractivity contribution >= 4 is 10.9 Å². The first kappa shape index (κ1) is 22.2. The molecule has 2 N–H and O–H groups in total.